The smallest absolute Gasteiger partial charge is 0.254 e. The molecular formula is C26H26FN5O4. The summed E-state index contributed by atoms with van der Waals surface area (Å²) in [7, 11) is 4.67. The summed E-state index contributed by atoms with van der Waals surface area (Å²) in [4.78, 5) is 31.2. The lowest BCUT2D eigenvalue weighted by molar-refractivity contribution is 0.0784. The molecule has 10 heteroatoms. The van der Waals surface area contributed by atoms with E-state index in [1.165, 1.54) is 26.3 Å². The molecule has 0 radical (unpaired) electrons. The number of amides is 2. The van der Waals surface area contributed by atoms with E-state index >= 15 is 0 Å². The van der Waals surface area contributed by atoms with Gasteiger partial charge in [0.25, 0.3) is 11.8 Å². The summed E-state index contributed by atoms with van der Waals surface area (Å²) >= 11 is 0. The second-order valence-corrected chi connectivity index (χ2v) is 8.03. The first kappa shape index (κ1) is 24.6. The number of hydrogen-bond acceptors (Lipinski definition) is 6. The van der Waals surface area contributed by atoms with Crippen LogP contribution in [0.4, 0.5) is 4.39 Å². The van der Waals surface area contributed by atoms with E-state index in [9.17, 15) is 14.0 Å². The van der Waals surface area contributed by atoms with Crippen molar-refractivity contribution in [3.8, 4) is 22.8 Å². The molecule has 4 aromatic rings. The molecule has 0 saturated carbocycles. The Hall–Kier alpha value is -4.47. The number of nitrogens with zero attached hydrogens (tertiary/aromatic N) is 3. The third kappa shape index (κ3) is 4.70. The van der Waals surface area contributed by atoms with Gasteiger partial charge in [0.1, 0.15) is 11.6 Å². The topological polar surface area (TPSA) is 109 Å². The molecule has 0 saturated heterocycles. The predicted octanol–water partition coefficient (Wildman–Crippen LogP) is 3.80. The van der Waals surface area contributed by atoms with E-state index < -0.39 is 11.7 Å². The second-order valence-electron chi connectivity index (χ2n) is 8.03. The van der Waals surface area contributed by atoms with Crippen LogP contribution in [-0.4, -0.2) is 59.7 Å². The number of pyridine rings is 1. The quantitative estimate of drug-likeness (QED) is 0.388. The molecule has 0 atom stereocenters. The van der Waals surface area contributed by atoms with Crippen molar-refractivity contribution < 1.29 is 23.5 Å². The fourth-order valence-corrected chi connectivity index (χ4v) is 3.96. The molecule has 2 heterocycles. The molecule has 4 rings (SSSR count). The van der Waals surface area contributed by atoms with Crippen LogP contribution in [0.5, 0.6) is 11.6 Å². The van der Waals surface area contributed by atoms with E-state index in [0.29, 0.717) is 34.9 Å². The van der Waals surface area contributed by atoms with Crippen LogP contribution in [0.3, 0.4) is 0 Å². The van der Waals surface area contributed by atoms with Gasteiger partial charge in [0.2, 0.25) is 5.88 Å². The first-order valence-corrected chi connectivity index (χ1v) is 11.3. The molecule has 0 bridgehead atoms. The van der Waals surface area contributed by atoms with Gasteiger partial charge in [0, 0.05) is 43.5 Å². The van der Waals surface area contributed by atoms with Crippen molar-refractivity contribution in [1.29, 1.82) is 0 Å². The van der Waals surface area contributed by atoms with Crippen LogP contribution in [-0.2, 0) is 6.54 Å². The summed E-state index contributed by atoms with van der Waals surface area (Å²) in [5.74, 6) is -0.470. The van der Waals surface area contributed by atoms with E-state index in [4.69, 9.17) is 9.47 Å². The van der Waals surface area contributed by atoms with Gasteiger partial charge in [-0.15, -0.1) is 0 Å². The Morgan fingerprint density at radius 2 is 1.97 bits per heavy atom. The third-order valence-electron chi connectivity index (χ3n) is 5.75. The highest BCUT2D eigenvalue weighted by Gasteiger charge is 2.19. The molecule has 2 aromatic carbocycles. The van der Waals surface area contributed by atoms with E-state index in [-0.39, 0.29) is 18.0 Å². The minimum atomic E-state index is -0.621. The molecule has 9 nitrogen and oxygen atoms in total. The Bertz CT molecular complexity index is 1440. The number of fused-ring (bicyclic) bond motifs is 1. The summed E-state index contributed by atoms with van der Waals surface area (Å²) in [5.41, 5.74) is 3.11. The summed E-state index contributed by atoms with van der Waals surface area (Å²) in [5, 5.41) is 10.2. The number of rotatable bonds is 8. The van der Waals surface area contributed by atoms with Gasteiger partial charge in [-0.25, -0.2) is 9.37 Å². The fourth-order valence-electron chi connectivity index (χ4n) is 3.96. The predicted molar refractivity (Wildman–Crippen MR) is 133 cm³/mol. The van der Waals surface area contributed by atoms with Crippen LogP contribution in [0.2, 0.25) is 0 Å². The minimum absolute atomic E-state index is 0.0736. The van der Waals surface area contributed by atoms with Crippen molar-refractivity contribution in [2.75, 3.05) is 27.8 Å². The van der Waals surface area contributed by atoms with Gasteiger partial charge in [0.15, 0.2) is 0 Å². The zero-order valence-corrected chi connectivity index (χ0v) is 20.4. The van der Waals surface area contributed by atoms with Crippen LogP contribution in [0.1, 0.15) is 33.2 Å². The average molecular weight is 492 g/mol. The monoisotopic (exact) mass is 491 g/mol. The maximum Gasteiger partial charge on any atom is 0.254 e. The van der Waals surface area contributed by atoms with E-state index in [2.05, 4.69) is 20.5 Å². The number of hydrogen-bond donors (Lipinski definition) is 2. The Morgan fingerprint density at radius 3 is 2.69 bits per heavy atom. The number of carbonyl (C=O) groups is 2. The van der Waals surface area contributed by atoms with Crippen LogP contribution >= 0.6 is 0 Å². The molecule has 2 aromatic heterocycles. The highest BCUT2D eigenvalue weighted by atomic mass is 19.1. The average Bonchev–Trinajstić information content (AvgIpc) is 3.39. The highest BCUT2D eigenvalue weighted by molar-refractivity contribution is 5.97. The van der Waals surface area contributed by atoms with Gasteiger partial charge >= 0.3 is 0 Å². The standard InChI is InChI=1S/C26H26FN5O4/c1-5-36-22-11-16(6-8-18(22)15-7-9-21(27)19(10-15)24(33)28-2)26(34)32(3)14-17-12-29-25(35-4)20-13-30-31-23(17)20/h6-13H,5,14H2,1-4H3,(H,28,33)(H,30,31). The van der Waals surface area contributed by atoms with Gasteiger partial charge < -0.3 is 19.7 Å². The Balaban J connectivity index is 1.63. The maximum absolute atomic E-state index is 14.2. The SMILES string of the molecule is CCOc1cc(C(=O)N(C)Cc2cnc(OC)c3cn[nH]c23)ccc1-c1ccc(F)c(C(=O)NC)c1. The van der Waals surface area contributed by atoms with Crippen molar-refractivity contribution in [3.63, 3.8) is 0 Å². The fraction of sp³-hybridized carbons (Fsp3) is 0.231. The van der Waals surface area contributed by atoms with Gasteiger partial charge in [0.05, 0.1) is 36.4 Å². The number of halogens is 1. The number of aromatic nitrogens is 3. The van der Waals surface area contributed by atoms with Crippen molar-refractivity contribution in [2.45, 2.75) is 13.5 Å². The van der Waals surface area contributed by atoms with Crippen LogP contribution < -0.4 is 14.8 Å². The van der Waals surface area contributed by atoms with Gasteiger partial charge in [-0.1, -0.05) is 6.07 Å². The molecule has 0 fully saturated rings. The normalized spacial score (nSPS) is 10.8. The highest BCUT2D eigenvalue weighted by Crippen LogP contribution is 2.33. The first-order valence-electron chi connectivity index (χ1n) is 11.3. The Kier molecular flexibility index (Phi) is 7.14. The summed E-state index contributed by atoms with van der Waals surface area (Å²) in [6, 6.07) is 9.33. The van der Waals surface area contributed by atoms with Crippen molar-refractivity contribution >= 4 is 22.7 Å². The van der Waals surface area contributed by atoms with E-state index in [1.54, 1.807) is 48.6 Å². The van der Waals surface area contributed by atoms with Crippen molar-refractivity contribution in [1.82, 2.24) is 25.4 Å². The molecular weight excluding hydrogens is 465 g/mol. The first-order chi connectivity index (χ1) is 17.4. The molecule has 0 aliphatic heterocycles. The lowest BCUT2D eigenvalue weighted by Crippen LogP contribution is -2.26. The number of ether oxygens (including phenoxy) is 2. The Morgan fingerprint density at radius 1 is 1.17 bits per heavy atom. The molecule has 2 N–H and O–H groups in total. The minimum Gasteiger partial charge on any atom is -0.493 e. The van der Waals surface area contributed by atoms with Crippen LogP contribution in [0, 0.1) is 5.82 Å². The summed E-state index contributed by atoms with van der Waals surface area (Å²) in [6.45, 7) is 2.48. The number of nitrogens with one attached hydrogen (secondary N) is 2. The molecule has 0 unspecified atom stereocenters. The third-order valence-corrected chi connectivity index (χ3v) is 5.75. The molecule has 0 spiro atoms. The molecule has 186 valence electrons. The number of H-pyrrole nitrogens is 1. The number of carbonyl (C=O) groups excluding carboxylic acids is 2. The summed E-state index contributed by atoms with van der Waals surface area (Å²) in [6.07, 6.45) is 3.28. The van der Waals surface area contributed by atoms with Crippen molar-refractivity contribution in [3.05, 3.63) is 71.3 Å². The summed E-state index contributed by atoms with van der Waals surface area (Å²) < 4.78 is 25.2. The maximum atomic E-state index is 14.2. The molecule has 0 aliphatic carbocycles. The number of methoxy groups -OCH3 is 1. The van der Waals surface area contributed by atoms with Crippen LogP contribution in [0.15, 0.2) is 48.8 Å². The molecule has 0 aliphatic rings. The second kappa shape index (κ2) is 10.4. The van der Waals surface area contributed by atoms with Gasteiger partial charge in [-0.2, -0.15) is 5.10 Å². The Labute approximate surface area is 207 Å². The lowest BCUT2D eigenvalue weighted by Gasteiger charge is -2.19. The molecule has 36 heavy (non-hydrogen) atoms. The zero-order valence-electron chi connectivity index (χ0n) is 20.4. The number of aromatic amines is 1. The van der Waals surface area contributed by atoms with Gasteiger partial charge in [-0.3, -0.25) is 14.7 Å². The van der Waals surface area contributed by atoms with Crippen molar-refractivity contribution in [2.24, 2.45) is 0 Å². The largest absolute Gasteiger partial charge is 0.493 e. The number of benzene rings is 2. The van der Waals surface area contributed by atoms with Gasteiger partial charge in [-0.05, 0) is 42.8 Å². The zero-order chi connectivity index (χ0) is 25.8. The van der Waals surface area contributed by atoms with E-state index in [0.717, 1.165) is 16.5 Å². The molecule has 2 amide bonds. The van der Waals surface area contributed by atoms with E-state index in [1.807, 2.05) is 6.92 Å². The van der Waals surface area contributed by atoms with Crippen LogP contribution in [0.25, 0.3) is 22.0 Å². The lowest BCUT2D eigenvalue weighted by atomic mass is 9.99.